The highest BCUT2D eigenvalue weighted by Gasteiger charge is 2.46. The summed E-state index contributed by atoms with van der Waals surface area (Å²) in [5.41, 5.74) is -0.441. The van der Waals surface area contributed by atoms with Crippen LogP contribution in [0.15, 0.2) is 0 Å². The second-order valence-corrected chi connectivity index (χ2v) is 4.94. The molecule has 2 rings (SSSR count). The van der Waals surface area contributed by atoms with Crippen LogP contribution in [-0.4, -0.2) is 47.1 Å². The van der Waals surface area contributed by atoms with Crippen LogP contribution < -0.4 is 0 Å². The van der Waals surface area contributed by atoms with Crippen LogP contribution in [0, 0.1) is 0 Å². The van der Waals surface area contributed by atoms with Crippen LogP contribution >= 0.6 is 11.6 Å². The molecule has 2 saturated heterocycles. The van der Waals surface area contributed by atoms with Crippen molar-refractivity contribution in [3.63, 3.8) is 0 Å². The van der Waals surface area contributed by atoms with E-state index >= 15 is 0 Å². The van der Waals surface area contributed by atoms with E-state index in [2.05, 4.69) is 4.28 Å². The number of urea groups is 1. The minimum atomic E-state index is -4.66. The molecule has 86 valence electrons. The minimum absolute atomic E-state index is 0.322. The lowest BCUT2D eigenvalue weighted by Crippen LogP contribution is -2.36. The third-order valence-corrected chi connectivity index (χ3v) is 3.23. The van der Waals surface area contributed by atoms with Crippen molar-refractivity contribution in [1.29, 1.82) is 0 Å². The molecule has 1 N–H and O–H groups in total. The minimum Gasteiger partial charge on any atom is -0.304 e. The zero-order valence-corrected chi connectivity index (χ0v) is 9.11. The van der Waals surface area contributed by atoms with Gasteiger partial charge in [0.05, 0.1) is 6.04 Å². The number of alkyl halides is 1. The van der Waals surface area contributed by atoms with Crippen molar-refractivity contribution in [2.45, 2.75) is 24.4 Å². The monoisotopic (exact) mass is 256 g/mol. The molecule has 0 aromatic carbocycles. The van der Waals surface area contributed by atoms with Gasteiger partial charge in [-0.1, -0.05) is 11.6 Å². The number of rotatable bonds is 2. The molecule has 2 amide bonds. The van der Waals surface area contributed by atoms with Gasteiger partial charge in [-0.25, -0.2) is 4.79 Å². The molecular weight excluding hydrogens is 248 g/mol. The average molecular weight is 257 g/mol. The van der Waals surface area contributed by atoms with Crippen LogP contribution in [0.2, 0.25) is 0 Å². The fourth-order valence-corrected chi connectivity index (χ4v) is 2.46. The molecule has 2 heterocycles. The summed E-state index contributed by atoms with van der Waals surface area (Å²) in [6.45, 7) is 0.322. The van der Waals surface area contributed by atoms with Crippen molar-refractivity contribution >= 4 is 28.0 Å². The van der Waals surface area contributed by atoms with Crippen LogP contribution in [0.4, 0.5) is 4.79 Å². The van der Waals surface area contributed by atoms with Gasteiger partial charge in [0, 0.05) is 6.54 Å². The van der Waals surface area contributed by atoms with Gasteiger partial charge in [-0.05, 0) is 12.8 Å². The van der Waals surface area contributed by atoms with E-state index in [4.69, 9.17) is 16.2 Å². The van der Waals surface area contributed by atoms with E-state index in [1.807, 2.05) is 0 Å². The highest BCUT2D eigenvalue weighted by Crippen LogP contribution is 2.31. The van der Waals surface area contributed by atoms with E-state index in [1.165, 1.54) is 4.90 Å². The number of carbonyl (C=O) groups excluding carboxylic acids is 1. The second-order valence-electron chi connectivity index (χ2n) is 3.43. The summed E-state index contributed by atoms with van der Waals surface area (Å²) in [7, 11) is -4.66. The van der Waals surface area contributed by atoms with Crippen molar-refractivity contribution in [3.05, 3.63) is 0 Å². The Labute approximate surface area is 91.4 Å². The Hall–Kier alpha value is -0.570. The summed E-state index contributed by atoms with van der Waals surface area (Å²) in [5.74, 6) is 0. The fourth-order valence-electron chi connectivity index (χ4n) is 1.78. The predicted octanol–water partition coefficient (Wildman–Crippen LogP) is 0.186. The molecule has 0 unspecified atom stereocenters. The van der Waals surface area contributed by atoms with Crippen LogP contribution in [0.25, 0.3) is 0 Å². The molecule has 0 aromatic heterocycles. The normalized spacial score (nSPS) is 31.2. The third-order valence-electron chi connectivity index (χ3n) is 2.42. The lowest BCUT2D eigenvalue weighted by atomic mass is 10.1. The first-order valence-corrected chi connectivity index (χ1v) is 6.09. The van der Waals surface area contributed by atoms with Crippen molar-refractivity contribution < 1.29 is 22.0 Å². The smallest absolute Gasteiger partial charge is 0.304 e. The Morgan fingerprint density at radius 1 is 1.47 bits per heavy atom. The molecule has 0 spiro atoms. The highest BCUT2D eigenvalue weighted by atomic mass is 35.5. The number of hydrogen-bond acceptors (Lipinski definition) is 4. The first-order valence-electron chi connectivity index (χ1n) is 4.29. The standard InChI is InChI=1S/C6H9ClN2O5S/c7-5-2-1-4-3-8(5)6(10)9(4)14-15(11,12)13/h4-5H,1-3H2,(H,11,12,13)/t4-,5+/m1/s1. The van der Waals surface area contributed by atoms with Crippen molar-refractivity contribution in [1.82, 2.24) is 9.96 Å². The molecule has 0 saturated carbocycles. The van der Waals surface area contributed by atoms with Gasteiger partial charge in [-0.15, -0.1) is 4.28 Å². The zero-order valence-electron chi connectivity index (χ0n) is 7.54. The molecule has 2 aliphatic heterocycles. The number of nitrogens with zero attached hydrogens (tertiary/aromatic N) is 2. The van der Waals surface area contributed by atoms with Gasteiger partial charge in [0.15, 0.2) is 0 Å². The van der Waals surface area contributed by atoms with Gasteiger partial charge in [0.25, 0.3) is 0 Å². The molecule has 0 aliphatic carbocycles. The van der Waals surface area contributed by atoms with E-state index in [1.54, 1.807) is 0 Å². The van der Waals surface area contributed by atoms with E-state index < -0.39 is 21.9 Å². The maximum Gasteiger partial charge on any atom is 0.418 e. The van der Waals surface area contributed by atoms with Gasteiger partial charge in [-0.3, -0.25) is 4.55 Å². The van der Waals surface area contributed by atoms with Crippen LogP contribution in [0.3, 0.4) is 0 Å². The summed E-state index contributed by atoms with van der Waals surface area (Å²) >= 11 is 5.85. The van der Waals surface area contributed by atoms with Crippen molar-refractivity contribution in [2.75, 3.05) is 6.54 Å². The molecule has 2 aliphatic rings. The molecule has 15 heavy (non-hydrogen) atoms. The van der Waals surface area contributed by atoms with Gasteiger partial charge in [-0.2, -0.15) is 13.5 Å². The number of hydrogen-bond donors (Lipinski definition) is 1. The summed E-state index contributed by atoms with van der Waals surface area (Å²) < 4.78 is 33.7. The Bertz CT molecular complexity index is 385. The topological polar surface area (TPSA) is 87.2 Å². The van der Waals surface area contributed by atoms with Gasteiger partial charge < -0.3 is 4.90 Å². The summed E-state index contributed by atoms with van der Waals surface area (Å²) in [6, 6.07) is -0.996. The quantitative estimate of drug-likeness (QED) is 0.433. The highest BCUT2D eigenvalue weighted by molar-refractivity contribution is 7.80. The van der Waals surface area contributed by atoms with Crippen LogP contribution in [0.5, 0.6) is 0 Å². The Morgan fingerprint density at radius 2 is 2.13 bits per heavy atom. The van der Waals surface area contributed by atoms with Gasteiger partial charge in [0.2, 0.25) is 0 Å². The van der Waals surface area contributed by atoms with E-state index in [9.17, 15) is 13.2 Å². The number of piperidine rings is 1. The summed E-state index contributed by atoms with van der Waals surface area (Å²) in [4.78, 5) is 12.8. The second kappa shape index (κ2) is 3.48. The Kier molecular flexibility index (Phi) is 2.53. The lowest BCUT2D eigenvalue weighted by molar-refractivity contribution is -0.0316. The third kappa shape index (κ3) is 2.03. The molecule has 9 heteroatoms. The summed E-state index contributed by atoms with van der Waals surface area (Å²) in [6.07, 6.45) is 1.12. The number of amides is 2. The Morgan fingerprint density at radius 3 is 2.67 bits per heavy atom. The molecule has 2 bridgehead atoms. The first kappa shape index (κ1) is 10.9. The molecule has 0 radical (unpaired) electrons. The number of halogens is 1. The largest absolute Gasteiger partial charge is 0.418 e. The SMILES string of the molecule is O=C1N2C[C@@H](CC[C@H]2Cl)N1OS(=O)(=O)O. The molecule has 7 nitrogen and oxygen atoms in total. The van der Waals surface area contributed by atoms with E-state index in [0.29, 0.717) is 24.4 Å². The van der Waals surface area contributed by atoms with E-state index in [-0.39, 0.29) is 6.04 Å². The lowest BCUT2D eigenvalue weighted by Gasteiger charge is -2.25. The fraction of sp³-hybridized carbons (Fsp3) is 0.833. The van der Waals surface area contributed by atoms with Crippen LogP contribution in [0.1, 0.15) is 12.8 Å². The van der Waals surface area contributed by atoms with Crippen molar-refractivity contribution in [2.24, 2.45) is 0 Å². The molecule has 0 aromatic rings. The molecule has 2 fully saturated rings. The molecular formula is C6H9ClN2O5S. The van der Waals surface area contributed by atoms with Gasteiger partial charge >= 0.3 is 16.4 Å². The maximum atomic E-state index is 11.5. The van der Waals surface area contributed by atoms with E-state index in [0.717, 1.165) is 0 Å². The number of fused-ring (bicyclic) bond motifs is 2. The van der Waals surface area contributed by atoms with Crippen LogP contribution in [-0.2, 0) is 14.7 Å². The first-order chi connectivity index (χ1) is 6.88. The number of hydroxylamine groups is 2. The number of carbonyl (C=O) groups is 1. The zero-order chi connectivity index (χ0) is 11.2. The predicted molar refractivity (Wildman–Crippen MR) is 49.2 cm³/mol. The average Bonchev–Trinajstić information content (AvgIpc) is 2.35. The van der Waals surface area contributed by atoms with Gasteiger partial charge in [0.1, 0.15) is 5.50 Å². The van der Waals surface area contributed by atoms with Crippen molar-refractivity contribution in [3.8, 4) is 0 Å². The molecule has 2 atom stereocenters. The summed E-state index contributed by atoms with van der Waals surface area (Å²) in [5, 5.41) is 0.664. The Balaban J connectivity index is 2.18. The maximum absolute atomic E-state index is 11.5.